The highest BCUT2D eigenvalue weighted by Gasteiger charge is 2.23. The van der Waals surface area contributed by atoms with Gasteiger partial charge in [-0.05, 0) is 13.3 Å². The lowest BCUT2D eigenvalue weighted by atomic mass is 10.2. The molecule has 1 heterocycles. The van der Waals surface area contributed by atoms with Crippen LogP contribution in [0, 0.1) is 12.3 Å². The van der Waals surface area contributed by atoms with Gasteiger partial charge in [0.15, 0.2) is 0 Å². The Morgan fingerprint density at radius 2 is 2.53 bits per heavy atom. The van der Waals surface area contributed by atoms with E-state index in [-0.39, 0.29) is 12.0 Å². The first kappa shape index (κ1) is 12.0. The van der Waals surface area contributed by atoms with Crippen molar-refractivity contribution in [3.63, 3.8) is 0 Å². The lowest BCUT2D eigenvalue weighted by molar-refractivity contribution is -0.133. The maximum Gasteiger partial charge on any atom is 0.240 e. The van der Waals surface area contributed by atoms with E-state index in [0.29, 0.717) is 26.1 Å². The van der Waals surface area contributed by atoms with E-state index < -0.39 is 6.04 Å². The molecule has 1 rings (SSSR count). The largest absolute Gasteiger partial charge is 0.377 e. The number of amides is 1. The van der Waals surface area contributed by atoms with E-state index in [1.165, 1.54) is 0 Å². The van der Waals surface area contributed by atoms with Gasteiger partial charge in [0, 0.05) is 26.1 Å². The first-order valence-electron chi connectivity index (χ1n) is 5.24. The molecule has 1 aliphatic rings. The Bertz CT molecular complexity index is 260. The van der Waals surface area contributed by atoms with Crippen LogP contribution in [0.4, 0.5) is 0 Å². The molecular weight excluding hydrogens is 192 g/mol. The topological polar surface area (TPSA) is 55.6 Å². The molecule has 2 atom stereocenters. The third-order valence-corrected chi connectivity index (χ3v) is 2.42. The van der Waals surface area contributed by atoms with Crippen LogP contribution >= 0.6 is 0 Å². The quantitative estimate of drug-likeness (QED) is 0.651. The average Bonchev–Trinajstić information content (AvgIpc) is 2.42. The van der Waals surface area contributed by atoms with E-state index in [1.54, 1.807) is 4.90 Å². The summed E-state index contributed by atoms with van der Waals surface area (Å²) < 4.78 is 5.45. The molecule has 1 saturated heterocycles. The minimum atomic E-state index is -0.569. The zero-order chi connectivity index (χ0) is 11.3. The van der Waals surface area contributed by atoms with Gasteiger partial charge in [0.25, 0.3) is 0 Å². The predicted octanol–water partition coefficient (Wildman–Crippen LogP) is -0.0256. The van der Waals surface area contributed by atoms with Crippen molar-refractivity contribution in [1.82, 2.24) is 4.90 Å². The fourth-order valence-electron chi connectivity index (χ4n) is 1.64. The Morgan fingerprint density at radius 3 is 3.20 bits per heavy atom. The highest BCUT2D eigenvalue weighted by molar-refractivity contribution is 5.82. The highest BCUT2D eigenvalue weighted by Crippen LogP contribution is 2.07. The molecule has 0 bridgehead atoms. The summed E-state index contributed by atoms with van der Waals surface area (Å²) in [6, 6.07) is -0.569. The standard InChI is InChI=1S/C11H18N2O2/c1-3-5-10(12)11(14)13-6-4-7-15-9(2)8-13/h1,9-10H,4-8,12H2,2H3. The number of nitrogens with zero attached hydrogens (tertiary/aromatic N) is 1. The molecule has 0 spiro atoms. The Labute approximate surface area is 90.8 Å². The van der Waals surface area contributed by atoms with Crippen LogP contribution in [0.3, 0.4) is 0 Å². The molecule has 15 heavy (non-hydrogen) atoms. The summed E-state index contributed by atoms with van der Waals surface area (Å²) in [5, 5.41) is 0. The van der Waals surface area contributed by atoms with Gasteiger partial charge in [0.05, 0.1) is 12.1 Å². The van der Waals surface area contributed by atoms with E-state index in [4.69, 9.17) is 16.9 Å². The van der Waals surface area contributed by atoms with Crippen molar-refractivity contribution in [2.24, 2.45) is 5.73 Å². The van der Waals surface area contributed by atoms with Gasteiger partial charge in [0.1, 0.15) is 0 Å². The molecular formula is C11H18N2O2. The second kappa shape index (κ2) is 5.74. The second-order valence-electron chi connectivity index (χ2n) is 3.83. The maximum atomic E-state index is 11.8. The van der Waals surface area contributed by atoms with E-state index in [9.17, 15) is 4.79 Å². The Hall–Kier alpha value is -1.05. The van der Waals surface area contributed by atoms with E-state index >= 15 is 0 Å². The third kappa shape index (κ3) is 3.54. The first-order valence-corrected chi connectivity index (χ1v) is 5.24. The molecule has 0 aromatic rings. The number of nitrogens with two attached hydrogens (primary N) is 1. The van der Waals surface area contributed by atoms with Crippen molar-refractivity contribution in [1.29, 1.82) is 0 Å². The van der Waals surface area contributed by atoms with Gasteiger partial charge < -0.3 is 15.4 Å². The van der Waals surface area contributed by atoms with Crippen molar-refractivity contribution in [2.45, 2.75) is 31.9 Å². The van der Waals surface area contributed by atoms with Crippen LogP contribution in [-0.4, -0.2) is 42.6 Å². The molecule has 0 radical (unpaired) electrons. The molecule has 1 fully saturated rings. The van der Waals surface area contributed by atoms with Crippen LogP contribution in [0.25, 0.3) is 0 Å². The van der Waals surface area contributed by atoms with Gasteiger partial charge in [-0.15, -0.1) is 12.3 Å². The Kier molecular flexibility index (Phi) is 4.60. The maximum absolute atomic E-state index is 11.8. The summed E-state index contributed by atoms with van der Waals surface area (Å²) in [5.74, 6) is 2.35. The monoisotopic (exact) mass is 210 g/mol. The van der Waals surface area contributed by atoms with Crippen LogP contribution in [0.2, 0.25) is 0 Å². The van der Waals surface area contributed by atoms with Crippen molar-refractivity contribution >= 4 is 5.91 Å². The summed E-state index contributed by atoms with van der Waals surface area (Å²) in [6.07, 6.45) is 6.36. The number of rotatable bonds is 2. The molecule has 84 valence electrons. The summed E-state index contributed by atoms with van der Waals surface area (Å²) in [4.78, 5) is 13.6. The molecule has 2 unspecified atom stereocenters. The van der Waals surface area contributed by atoms with Gasteiger partial charge in [0.2, 0.25) is 5.91 Å². The third-order valence-electron chi connectivity index (χ3n) is 2.42. The zero-order valence-electron chi connectivity index (χ0n) is 9.11. The van der Waals surface area contributed by atoms with Gasteiger partial charge >= 0.3 is 0 Å². The van der Waals surface area contributed by atoms with Crippen LogP contribution < -0.4 is 5.73 Å². The second-order valence-corrected chi connectivity index (χ2v) is 3.83. The predicted molar refractivity (Wildman–Crippen MR) is 58.0 cm³/mol. The summed E-state index contributed by atoms with van der Waals surface area (Å²) >= 11 is 0. The number of hydrogen-bond donors (Lipinski definition) is 1. The number of terminal acetylenes is 1. The molecule has 0 aromatic heterocycles. The van der Waals surface area contributed by atoms with Gasteiger partial charge in [-0.1, -0.05) is 0 Å². The van der Waals surface area contributed by atoms with Crippen molar-refractivity contribution in [3.8, 4) is 12.3 Å². The van der Waals surface area contributed by atoms with E-state index in [0.717, 1.165) is 6.42 Å². The summed E-state index contributed by atoms with van der Waals surface area (Å²) in [7, 11) is 0. The number of carbonyl (C=O) groups excluding carboxylic acids is 1. The van der Waals surface area contributed by atoms with Gasteiger partial charge in [-0.2, -0.15) is 0 Å². The molecule has 4 heteroatoms. The normalized spacial score (nSPS) is 24.1. The summed E-state index contributed by atoms with van der Waals surface area (Å²) in [5.41, 5.74) is 5.68. The molecule has 1 aliphatic heterocycles. The molecule has 0 saturated carbocycles. The molecule has 1 amide bonds. The first-order chi connectivity index (χ1) is 7.15. The van der Waals surface area contributed by atoms with Crippen molar-refractivity contribution in [3.05, 3.63) is 0 Å². The van der Waals surface area contributed by atoms with E-state index in [1.807, 2.05) is 6.92 Å². The van der Waals surface area contributed by atoms with Crippen LogP contribution in [0.5, 0.6) is 0 Å². The highest BCUT2D eigenvalue weighted by atomic mass is 16.5. The minimum absolute atomic E-state index is 0.0645. The van der Waals surface area contributed by atoms with E-state index in [2.05, 4.69) is 5.92 Å². The number of ether oxygens (including phenoxy) is 1. The van der Waals surface area contributed by atoms with Crippen molar-refractivity contribution < 1.29 is 9.53 Å². The van der Waals surface area contributed by atoms with Crippen LogP contribution in [0.15, 0.2) is 0 Å². The Balaban J connectivity index is 2.53. The smallest absolute Gasteiger partial charge is 0.240 e. The number of carbonyl (C=O) groups is 1. The fraction of sp³-hybridized carbons (Fsp3) is 0.727. The van der Waals surface area contributed by atoms with Crippen molar-refractivity contribution in [2.75, 3.05) is 19.7 Å². The summed E-state index contributed by atoms with van der Waals surface area (Å²) in [6.45, 7) is 3.98. The lowest BCUT2D eigenvalue weighted by Crippen LogP contribution is -2.45. The average molecular weight is 210 g/mol. The molecule has 2 N–H and O–H groups in total. The molecule has 0 aromatic carbocycles. The molecule has 4 nitrogen and oxygen atoms in total. The lowest BCUT2D eigenvalue weighted by Gasteiger charge is -2.24. The van der Waals surface area contributed by atoms with Crippen LogP contribution in [0.1, 0.15) is 19.8 Å². The SMILES string of the molecule is C#CCC(N)C(=O)N1CCCOC(C)C1. The number of hydrogen-bond acceptors (Lipinski definition) is 3. The van der Waals surface area contributed by atoms with Gasteiger partial charge in [-0.3, -0.25) is 4.79 Å². The minimum Gasteiger partial charge on any atom is -0.377 e. The van der Waals surface area contributed by atoms with Gasteiger partial charge in [-0.25, -0.2) is 0 Å². The molecule has 0 aliphatic carbocycles. The fourth-order valence-corrected chi connectivity index (χ4v) is 1.64. The van der Waals surface area contributed by atoms with Crippen LogP contribution in [-0.2, 0) is 9.53 Å². The Morgan fingerprint density at radius 1 is 1.80 bits per heavy atom. The zero-order valence-corrected chi connectivity index (χ0v) is 9.11.